The molecule has 2 aromatic rings. The zero-order valence-corrected chi connectivity index (χ0v) is 10.9. The van der Waals surface area contributed by atoms with E-state index >= 15 is 0 Å². The van der Waals surface area contributed by atoms with Crippen LogP contribution >= 0.6 is 0 Å². The molecule has 0 heteroatoms. The fraction of sp³-hybridized carbons (Fsp3) is 0.222. The zero-order chi connectivity index (χ0) is 12.5. The van der Waals surface area contributed by atoms with Crippen LogP contribution in [0.1, 0.15) is 36.8 Å². The van der Waals surface area contributed by atoms with E-state index in [4.69, 9.17) is 0 Å². The Morgan fingerprint density at radius 1 is 0.556 bits per heavy atom. The molecule has 0 aliphatic heterocycles. The molecule has 0 nitrogen and oxygen atoms in total. The third-order valence-electron chi connectivity index (χ3n) is 4.21. The normalized spacial score (nSPS) is 22.8. The Labute approximate surface area is 109 Å². The highest BCUT2D eigenvalue weighted by atomic mass is 14.4. The largest absolute Gasteiger partial charge is 0.0653 e. The molecule has 3 rings (SSSR count). The van der Waals surface area contributed by atoms with Crippen molar-refractivity contribution in [1.82, 2.24) is 0 Å². The number of allylic oxidation sites excluding steroid dienone is 2. The maximum absolute atomic E-state index is 2.27. The Hall–Kier alpha value is -1.82. The van der Waals surface area contributed by atoms with E-state index in [2.05, 4.69) is 74.5 Å². The smallest absolute Gasteiger partial charge is 0.0154 e. The molecule has 90 valence electrons. The van der Waals surface area contributed by atoms with Crippen molar-refractivity contribution in [3.05, 3.63) is 82.9 Å². The summed E-state index contributed by atoms with van der Waals surface area (Å²) in [6.07, 6.45) is 0. The number of hydrogen-bond acceptors (Lipinski definition) is 0. The van der Waals surface area contributed by atoms with Crippen LogP contribution in [0.15, 0.2) is 71.8 Å². The summed E-state index contributed by atoms with van der Waals surface area (Å²) >= 11 is 0. The van der Waals surface area contributed by atoms with Gasteiger partial charge in [-0.2, -0.15) is 0 Å². The summed E-state index contributed by atoms with van der Waals surface area (Å²) < 4.78 is 0. The van der Waals surface area contributed by atoms with Crippen LogP contribution in [0.5, 0.6) is 0 Å². The van der Waals surface area contributed by atoms with Gasteiger partial charge in [-0.15, -0.1) is 0 Å². The molecule has 0 bridgehead atoms. The number of hydrogen-bond donors (Lipinski definition) is 0. The van der Waals surface area contributed by atoms with E-state index in [0.29, 0.717) is 11.8 Å². The summed E-state index contributed by atoms with van der Waals surface area (Å²) in [6.45, 7) is 4.54. The Morgan fingerprint density at radius 3 is 1.22 bits per heavy atom. The topological polar surface area (TPSA) is 0 Å². The Balaban J connectivity index is 2.01. The molecule has 0 N–H and O–H groups in total. The quantitative estimate of drug-likeness (QED) is 0.648. The van der Waals surface area contributed by atoms with Gasteiger partial charge in [0.15, 0.2) is 0 Å². The molecule has 0 amide bonds. The molecule has 0 heterocycles. The minimum absolute atomic E-state index is 0.564. The highest BCUT2D eigenvalue weighted by Gasteiger charge is 2.36. The van der Waals surface area contributed by atoms with E-state index in [1.165, 1.54) is 22.3 Å². The van der Waals surface area contributed by atoms with Crippen molar-refractivity contribution in [1.29, 1.82) is 0 Å². The lowest BCUT2D eigenvalue weighted by Gasteiger charge is -2.40. The van der Waals surface area contributed by atoms with Crippen LogP contribution in [0, 0.1) is 0 Å². The number of rotatable bonds is 2. The number of benzene rings is 2. The van der Waals surface area contributed by atoms with Gasteiger partial charge in [-0.25, -0.2) is 0 Å². The molecule has 0 radical (unpaired) electrons. The summed E-state index contributed by atoms with van der Waals surface area (Å²) in [7, 11) is 0. The summed E-state index contributed by atoms with van der Waals surface area (Å²) in [5, 5.41) is 0. The standard InChI is InChI=1S/C18H18/c1-13-14(2)18(16-11-7-4-8-12-16)17(13)15-9-5-3-6-10-15/h3-12,17-18H,1-2H3. The SMILES string of the molecule is CC1=C(C)C(c2ccccc2)C1c1ccccc1. The van der Waals surface area contributed by atoms with Crippen LogP contribution in [-0.2, 0) is 0 Å². The molecule has 0 saturated carbocycles. The van der Waals surface area contributed by atoms with Gasteiger partial charge in [0.1, 0.15) is 0 Å². The summed E-state index contributed by atoms with van der Waals surface area (Å²) in [5.41, 5.74) is 5.95. The van der Waals surface area contributed by atoms with E-state index in [1.54, 1.807) is 0 Å². The van der Waals surface area contributed by atoms with Crippen molar-refractivity contribution in [2.75, 3.05) is 0 Å². The van der Waals surface area contributed by atoms with E-state index in [9.17, 15) is 0 Å². The lowest BCUT2D eigenvalue weighted by atomic mass is 9.63. The third-order valence-corrected chi connectivity index (χ3v) is 4.21. The third kappa shape index (κ3) is 1.69. The Morgan fingerprint density at radius 2 is 0.889 bits per heavy atom. The van der Waals surface area contributed by atoms with Crippen molar-refractivity contribution in [2.45, 2.75) is 25.7 Å². The molecule has 0 aromatic heterocycles. The molecule has 1 aliphatic carbocycles. The van der Waals surface area contributed by atoms with Gasteiger partial charge < -0.3 is 0 Å². The van der Waals surface area contributed by atoms with Crippen LogP contribution in [0.2, 0.25) is 0 Å². The fourth-order valence-electron chi connectivity index (χ4n) is 3.10. The van der Waals surface area contributed by atoms with Crippen molar-refractivity contribution < 1.29 is 0 Å². The molecular formula is C18H18. The minimum atomic E-state index is 0.564. The maximum atomic E-state index is 2.27. The van der Waals surface area contributed by atoms with Gasteiger partial charge in [0, 0.05) is 11.8 Å². The predicted molar refractivity (Wildman–Crippen MR) is 76.7 cm³/mol. The zero-order valence-electron chi connectivity index (χ0n) is 10.9. The first-order valence-electron chi connectivity index (χ1n) is 6.56. The lowest BCUT2D eigenvalue weighted by Crippen LogP contribution is -2.24. The van der Waals surface area contributed by atoms with Crippen molar-refractivity contribution >= 4 is 0 Å². The van der Waals surface area contributed by atoms with Crippen molar-refractivity contribution in [2.24, 2.45) is 0 Å². The second-order valence-corrected chi connectivity index (χ2v) is 5.14. The predicted octanol–water partition coefficient (Wildman–Crippen LogP) is 4.90. The van der Waals surface area contributed by atoms with Crippen molar-refractivity contribution in [3.8, 4) is 0 Å². The molecule has 2 atom stereocenters. The molecule has 1 aliphatic rings. The summed E-state index contributed by atoms with van der Waals surface area (Å²) in [5.74, 6) is 1.13. The summed E-state index contributed by atoms with van der Waals surface area (Å²) in [6, 6.07) is 21.7. The van der Waals surface area contributed by atoms with E-state index in [0.717, 1.165) is 0 Å². The first kappa shape index (κ1) is 11.3. The maximum Gasteiger partial charge on any atom is 0.0154 e. The van der Waals surface area contributed by atoms with Gasteiger partial charge >= 0.3 is 0 Å². The monoisotopic (exact) mass is 234 g/mol. The highest BCUT2D eigenvalue weighted by molar-refractivity contribution is 5.50. The Kier molecular flexibility index (Phi) is 2.79. The van der Waals surface area contributed by atoms with Gasteiger partial charge in [-0.05, 0) is 25.0 Å². The van der Waals surface area contributed by atoms with Crippen LogP contribution < -0.4 is 0 Å². The molecule has 0 saturated heterocycles. The highest BCUT2D eigenvalue weighted by Crippen LogP contribution is 2.52. The van der Waals surface area contributed by atoms with Gasteiger partial charge in [0.25, 0.3) is 0 Å². The van der Waals surface area contributed by atoms with E-state index in [1.807, 2.05) is 0 Å². The van der Waals surface area contributed by atoms with E-state index in [-0.39, 0.29) is 0 Å². The molecule has 18 heavy (non-hydrogen) atoms. The van der Waals surface area contributed by atoms with Gasteiger partial charge in [-0.3, -0.25) is 0 Å². The second-order valence-electron chi connectivity index (χ2n) is 5.14. The molecule has 0 fully saturated rings. The van der Waals surface area contributed by atoms with Gasteiger partial charge in [0.2, 0.25) is 0 Å². The average molecular weight is 234 g/mol. The summed E-state index contributed by atoms with van der Waals surface area (Å²) in [4.78, 5) is 0. The van der Waals surface area contributed by atoms with Crippen LogP contribution in [0.25, 0.3) is 0 Å². The first-order valence-corrected chi connectivity index (χ1v) is 6.56. The molecular weight excluding hydrogens is 216 g/mol. The first-order chi connectivity index (χ1) is 8.79. The van der Waals surface area contributed by atoms with Gasteiger partial charge in [-0.1, -0.05) is 71.8 Å². The molecule has 2 unspecified atom stereocenters. The Bertz CT molecular complexity index is 510. The van der Waals surface area contributed by atoms with Gasteiger partial charge in [0.05, 0.1) is 0 Å². The van der Waals surface area contributed by atoms with Crippen LogP contribution in [0.3, 0.4) is 0 Å². The molecule has 2 aromatic carbocycles. The van der Waals surface area contributed by atoms with E-state index < -0.39 is 0 Å². The van der Waals surface area contributed by atoms with Crippen LogP contribution in [-0.4, -0.2) is 0 Å². The molecule has 0 spiro atoms. The van der Waals surface area contributed by atoms with Crippen LogP contribution in [0.4, 0.5) is 0 Å². The fourth-order valence-corrected chi connectivity index (χ4v) is 3.10. The average Bonchev–Trinajstić information content (AvgIpc) is 2.45. The minimum Gasteiger partial charge on any atom is -0.0653 e. The lowest BCUT2D eigenvalue weighted by molar-refractivity contribution is 0.580. The van der Waals surface area contributed by atoms with Crippen molar-refractivity contribution in [3.63, 3.8) is 0 Å². The second kappa shape index (κ2) is 4.45.